The van der Waals surface area contributed by atoms with Crippen LogP contribution in [0.1, 0.15) is 0 Å². The van der Waals surface area contributed by atoms with Crippen LogP contribution in [-0.2, 0) is 0 Å². The van der Waals surface area contributed by atoms with Crippen molar-refractivity contribution in [1.82, 2.24) is 14.1 Å². The minimum absolute atomic E-state index is 0.879. The van der Waals surface area contributed by atoms with E-state index in [0.717, 1.165) is 55.6 Å². The lowest BCUT2D eigenvalue weighted by Crippen LogP contribution is -1.97. The maximum atomic E-state index is 6.34. The molecule has 4 heterocycles. The predicted molar refractivity (Wildman–Crippen MR) is 186 cm³/mol. The highest BCUT2D eigenvalue weighted by atomic mass is 16.3. The summed E-state index contributed by atoms with van der Waals surface area (Å²) in [6.07, 6.45) is 1.91. The van der Waals surface area contributed by atoms with E-state index in [-0.39, 0.29) is 0 Å². The number of para-hydroxylation sites is 4. The zero-order valence-corrected chi connectivity index (χ0v) is 24.2. The van der Waals surface area contributed by atoms with E-state index >= 15 is 0 Å². The van der Waals surface area contributed by atoms with Crippen molar-refractivity contribution in [2.45, 2.75) is 0 Å². The first-order valence-corrected chi connectivity index (χ1v) is 15.2. The molecule has 0 bridgehead atoms. The Labute approximate surface area is 258 Å². The van der Waals surface area contributed by atoms with Gasteiger partial charge in [0.25, 0.3) is 0 Å². The third-order valence-electron chi connectivity index (χ3n) is 9.18. The third kappa shape index (κ3) is 3.51. The largest absolute Gasteiger partial charge is 0.456 e. The topological polar surface area (TPSA) is 35.9 Å². The fourth-order valence-electron chi connectivity index (χ4n) is 7.17. The molecule has 0 fully saturated rings. The second-order valence-electron chi connectivity index (χ2n) is 11.6. The van der Waals surface area contributed by atoms with Gasteiger partial charge in [-0.05, 0) is 77.9 Å². The van der Waals surface area contributed by atoms with Gasteiger partial charge < -0.3 is 8.98 Å². The fraction of sp³-hybridized carbons (Fsp3) is 0. The lowest BCUT2D eigenvalue weighted by atomic mass is 10.0. The Balaban J connectivity index is 1.15. The van der Waals surface area contributed by atoms with E-state index in [4.69, 9.17) is 9.40 Å². The first-order chi connectivity index (χ1) is 22.3. The average molecular weight is 576 g/mol. The Morgan fingerprint density at radius 1 is 0.400 bits per heavy atom. The van der Waals surface area contributed by atoms with Crippen LogP contribution in [0.15, 0.2) is 156 Å². The van der Waals surface area contributed by atoms with Gasteiger partial charge >= 0.3 is 0 Å². The Bertz CT molecular complexity index is 2670. The number of furan rings is 1. The highest BCUT2D eigenvalue weighted by Gasteiger charge is 2.16. The second kappa shape index (κ2) is 9.18. The molecule has 0 aliphatic carbocycles. The number of aromatic nitrogens is 3. The Morgan fingerprint density at radius 2 is 0.889 bits per heavy atom. The minimum atomic E-state index is 0.879. The number of benzene rings is 6. The van der Waals surface area contributed by atoms with Crippen LogP contribution in [0.2, 0.25) is 0 Å². The summed E-state index contributed by atoms with van der Waals surface area (Å²) in [5.74, 6) is 0.899. The molecule has 0 aliphatic heterocycles. The molecule has 4 aromatic heterocycles. The third-order valence-corrected chi connectivity index (χ3v) is 9.18. The van der Waals surface area contributed by atoms with Crippen molar-refractivity contribution in [2.24, 2.45) is 0 Å². The molecule has 6 aromatic carbocycles. The molecular formula is C41H25N3O. The lowest BCUT2D eigenvalue weighted by molar-refractivity contribution is 0.669. The number of pyridine rings is 1. The number of fused-ring (bicyclic) bond motifs is 9. The molecule has 0 radical (unpaired) electrons. The highest BCUT2D eigenvalue weighted by Crippen LogP contribution is 2.37. The van der Waals surface area contributed by atoms with Crippen LogP contribution < -0.4 is 0 Å². The van der Waals surface area contributed by atoms with Crippen molar-refractivity contribution in [3.63, 3.8) is 0 Å². The summed E-state index contributed by atoms with van der Waals surface area (Å²) < 4.78 is 11.0. The Morgan fingerprint density at radius 3 is 1.49 bits per heavy atom. The number of nitrogens with zero attached hydrogens (tertiary/aromatic N) is 3. The van der Waals surface area contributed by atoms with Gasteiger partial charge in [-0.3, -0.25) is 4.57 Å². The van der Waals surface area contributed by atoms with Crippen LogP contribution in [0, 0.1) is 0 Å². The summed E-state index contributed by atoms with van der Waals surface area (Å²) in [6, 6.07) is 51.6. The molecule has 4 nitrogen and oxygen atoms in total. The zero-order valence-electron chi connectivity index (χ0n) is 24.2. The van der Waals surface area contributed by atoms with E-state index in [2.05, 4.69) is 155 Å². The van der Waals surface area contributed by atoms with Crippen LogP contribution in [-0.4, -0.2) is 14.1 Å². The Hall–Kier alpha value is -6.13. The first-order valence-electron chi connectivity index (χ1n) is 15.2. The van der Waals surface area contributed by atoms with Crippen molar-refractivity contribution in [2.75, 3.05) is 0 Å². The van der Waals surface area contributed by atoms with Crippen LogP contribution in [0.4, 0.5) is 0 Å². The molecule has 0 saturated carbocycles. The normalized spacial score (nSPS) is 12.0. The molecule has 10 rings (SSSR count). The van der Waals surface area contributed by atoms with Gasteiger partial charge in [-0.1, -0.05) is 78.9 Å². The quantitative estimate of drug-likeness (QED) is 0.210. The number of rotatable bonds is 3. The summed E-state index contributed by atoms with van der Waals surface area (Å²) in [5, 5.41) is 7.16. The van der Waals surface area contributed by atoms with E-state index in [1.54, 1.807) is 0 Å². The molecule has 210 valence electrons. The van der Waals surface area contributed by atoms with Crippen LogP contribution >= 0.6 is 0 Å². The Kier molecular flexibility index (Phi) is 4.96. The van der Waals surface area contributed by atoms with E-state index in [9.17, 15) is 0 Å². The van der Waals surface area contributed by atoms with E-state index in [1.807, 2.05) is 6.20 Å². The van der Waals surface area contributed by atoms with Gasteiger partial charge in [0.05, 0.1) is 22.1 Å². The zero-order chi connectivity index (χ0) is 29.5. The monoisotopic (exact) mass is 575 g/mol. The summed E-state index contributed by atoms with van der Waals surface area (Å²) in [7, 11) is 0. The van der Waals surface area contributed by atoms with Gasteiger partial charge in [0.1, 0.15) is 17.0 Å². The number of hydrogen-bond acceptors (Lipinski definition) is 2. The highest BCUT2D eigenvalue weighted by molar-refractivity contribution is 6.11. The molecular weight excluding hydrogens is 550 g/mol. The molecule has 0 saturated heterocycles. The van der Waals surface area contributed by atoms with Gasteiger partial charge in [-0.2, -0.15) is 0 Å². The summed E-state index contributed by atoms with van der Waals surface area (Å²) >= 11 is 0. The fourth-order valence-corrected chi connectivity index (χ4v) is 7.17. The van der Waals surface area contributed by atoms with E-state index in [0.29, 0.717) is 0 Å². The van der Waals surface area contributed by atoms with Gasteiger partial charge in [-0.15, -0.1) is 0 Å². The van der Waals surface area contributed by atoms with E-state index < -0.39 is 0 Å². The van der Waals surface area contributed by atoms with E-state index in [1.165, 1.54) is 32.6 Å². The molecule has 0 aliphatic rings. The maximum absolute atomic E-state index is 6.34. The van der Waals surface area contributed by atoms with Gasteiger partial charge in [0.2, 0.25) is 0 Å². The summed E-state index contributed by atoms with van der Waals surface area (Å²) in [6.45, 7) is 0. The van der Waals surface area contributed by atoms with Crippen molar-refractivity contribution >= 4 is 65.6 Å². The van der Waals surface area contributed by atoms with Crippen molar-refractivity contribution in [3.05, 3.63) is 152 Å². The lowest BCUT2D eigenvalue weighted by Gasteiger charge is -2.09. The van der Waals surface area contributed by atoms with Crippen LogP contribution in [0.25, 0.3) is 88.2 Å². The second-order valence-corrected chi connectivity index (χ2v) is 11.6. The maximum Gasteiger partial charge on any atom is 0.138 e. The SMILES string of the molecule is c1ccc2c(c1)c1ccccc1n2-c1ccc2oc3ccc(-c4ccnc(-n5c6ccccc6c6ccccc65)c4)cc3c2c1. The predicted octanol–water partition coefficient (Wildman–Crippen LogP) is 10.8. The molecule has 4 heteroatoms. The van der Waals surface area contributed by atoms with Gasteiger partial charge in [0, 0.05) is 44.2 Å². The molecule has 0 unspecified atom stereocenters. The molecule has 0 atom stereocenters. The molecule has 0 spiro atoms. The average Bonchev–Trinajstić information content (AvgIpc) is 3.75. The number of hydrogen-bond donors (Lipinski definition) is 0. The van der Waals surface area contributed by atoms with Crippen LogP contribution in [0.5, 0.6) is 0 Å². The summed E-state index contributed by atoms with van der Waals surface area (Å²) in [5.41, 5.74) is 9.80. The standard InChI is InChI=1S/C41H25N3O/c1-5-13-35-29(9-1)30-10-2-6-14-36(30)43(35)28-18-20-40-34(25-28)33-23-26(17-19-39(33)45-40)27-21-22-42-41(24-27)44-37-15-7-3-11-31(37)32-12-4-8-16-38(32)44/h1-25H. The van der Waals surface area contributed by atoms with Crippen LogP contribution in [0.3, 0.4) is 0 Å². The molecule has 45 heavy (non-hydrogen) atoms. The minimum Gasteiger partial charge on any atom is -0.456 e. The van der Waals surface area contributed by atoms with Gasteiger partial charge in [0.15, 0.2) is 0 Å². The summed E-state index contributed by atoms with van der Waals surface area (Å²) in [4.78, 5) is 4.84. The van der Waals surface area contributed by atoms with Crippen molar-refractivity contribution in [3.8, 4) is 22.6 Å². The molecule has 0 amide bonds. The molecule has 10 aromatic rings. The smallest absolute Gasteiger partial charge is 0.138 e. The van der Waals surface area contributed by atoms with Crippen molar-refractivity contribution < 1.29 is 4.42 Å². The van der Waals surface area contributed by atoms with Gasteiger partial charge in [-0.25, -0.2) is 4.98 Å². The first kappa shape index (κ1) is 24.3. The van der Waals surface area contributed by atoms with Crippen molar-refractivity contribution in [1.29, 1.82) is 0 Å². The molecule has 0 N–H and O–H groups in total.